The van der Waals surface area contributed by atoms with Crippen molar-refractivity contribution in [3.05, 3.63) is 28.5 Å². The molecule has 1 saturated heterocycles. The summed E-state index contributed by atoms with van der Waals surface area (Å²) in [5.74, 6) is -0.0967. The lowest BCUT2D eigenvalue weighted by Crippen LogP contribution is -2.38. The Morgan fingerprint density at radius 1 is 1.18 bits per heavy atom. The summed E-state index contributed by atoms with van der Waals surface area (Å²) in [6.07, 6.45) is 2.25. The molecule has 2 amide bonds. The van der Waals surface area contributed by atoms with Gasteiger partial charge in [0.2, 0.25) is 0 Å². The minimum atomic E-state index is -4.72. The lowest BCUT2D eigenvalue weighted by atomic mass is 10.0. The predicted octanol–water partition coefficient (Wildman–Crippen LogP) is 4.95. The zero-order valence-electron chi connectivity index (χ0n) is 22.3. The molecule has 0 bridgehead atoms. The van der Waals surface area contributed by atoms with Crippen LogP contribution < -0.4 is 10.6 Å². The Balaban J connectivity index is 1.53. The number of nitrogens with one attached hydrogen (secondary N) is 2. The maximum Gasteiger partial charge on any atom is 0.417 e. The number of carbonyl (C=O) groups excluding carboxylic acids is 2. The molecule has 1 atom stereocenters. The molecular weight excluding hydrogens is 531 g/mol. The van der Waals surface area contributed by atoms with E-state index in [1.165, 1.54) is 13.8 Å². The summed E-state index contributed by atoms with van der Waals surface area (Å²) in [5.41, 5.74) is -2.60. The number of nitrogens with zero attached hydrogens (tertiary/aromatic N) is 3. The number of likely N-dealkylation sites (tertiary alicyclic amines) is 1. The van der Waals surface area contributed by atoms with Crippen molar-refractivity contribution in [3.8, 4) is 10.4 Å². The van der Waals surface area contributed by atoms with Gasteiger partial charge in [0.1, 0.15) is 11.5 Å². The van der Waals surface area contributed by atoms with Gasteiger partial charge in [0.15, 0.2) is 5.01 Å². The molecule has 12 heteroatoms. The van der Waals surface area contributed by atoms with Crippen LogP contribution in [0.2, 0.25) is 0 Å². The number of hydrogen-bond donors (Lipinski definition) is 3. The van der Waals surface area contributed by atoms with Crippen LogP contribution in [0, 0.1) is 11.8 Å². The first-order valence-electron chi connectivity index (χ1n) is 13.5. The minimum absolute atomic E-state index is 0.0418. The monoisotopic (exact) mass is 565 g/mol. The third-order valence-electron chi connectivity index (χ3n) is 7.55. The first kappa shape index (κ1) is 27.8. The molecule has 39 heavy (non-hydrogen) atoms. The molecule has 2 aromatic heterocycles. The third-order valence-corrected chi connectivity index (χ3v) is 8.64. The fraction of sp³-hybridized carbons (Fsp3) is 0.630. The number of anilines is 1. The number of carbonyl (C=O) groups is 2. The van der Waals surface area contributed by atoms with Crippen molar-refractivity contribution in [2.24, 2.45) is 11.8 Å². The molecule has 0 aromatic carbocycles. The number of aromatic nitrogens is 2. The number of amides is 2. The highest BCUT2D eigenvalue weighted by Crippen LogP contribution is 2.47. The molecule has 0 spiro atoms. The van der Waals surface area contributed by atoms with Gasteiger partial charge in [-0.25, -0.2) is 9.97 Å². The van der Waals surface area contributed by atoms with Gasteiger partial charge >= 0.3 is 6.18 Å². The fourth-order valence-electron chi connectivity index (χ4n) is 5.14. The van der Waals surface area contributed by atoms with Crippen molar-refractivity contribution in [1.82, 2.24) is 20.2 Å². The van der Waals surface area contributed by atoms with Crippen LogP contribution in [-0.4, -0.2) is 62.6 Å². The Kier molecular flexibility index (Phi) is 7.38. The Morgan fingerprint density at radius 3 is 2.38 bits per heavy atom. The smallest absolute Gasteiger partial charge is 0.389 e. The van der Waals surface area contributed by atoms with Crippen molar-refractivity contribution < 1.29 is 27.9 Å². The largest absolute Gasteiger partial charge is 0.417 e. The summed E-state index contributed by atoms with van der Waals surface area (Å²) in [5, 5.41) is 15.6. The van der Waals surface area contributed by atoms with Crippen molar-refractivity contribution in [3.63, 3.8) is 0 Å². The SMILES string of the molecule is C[C@H]1CCCN1C(=O)c1nc(C(=O)NCC(C)(C)O)sc1-c1cnc(NC(C2CC2)C2CC2)cc1C(F)(F)F. The molecule has 0 radical (unpaired) electrons. The normalized spacial score (nSPS) is 20.0. The highest BCUT2D eigenvalue weighted by molar-refractivity contribution is 7.17. The number of aliphatic hydroxyl groups is 1. The van der Waals surface area contributed by atoms with E-state index < -0.39 is 29.2 Å². The fourth-order valence-corrected chi connectivity index (χ4v) is 6.14. The van der Waals surface area contributed by atoms with Crippen LogP contribution in [0.1, 0.15) is 85.2 Å². The summed E-state index contributed by atoms with van der Waals surface area (Å²) in [7, 11) is 0. The summed E-state index contributed by atoms with van der Waals surface area (Å²) in [6.45, 7) is 5.28. The highest BCUT2D eigenvalue weighted by Gasteiger charge is 2.43. The van der Waals surface area contributed by atoms with Crippen LogP contribution in [0.3, 0.4) is 0 Å². The summed E-state index contributed by atoms with van der Waals surface area (Å²) >= 11 is 0.727. The number of halogens is 3. The molecule has 3 heterocycles. The molecule has 0 unspecified atom stereocenters. The topological polar surface area (TPSA) is 107 Å². The summed E-state index contributed by atoms with van der Waals surface area (Å²) in [6, 6.07) is 1.04. The van der Waals surface area contributed by atoms with Gasteiger partial charge < -0.3 is 20.6 Å². The molecule has 8 nitrogen and oxygen atoms in total. The average Bonchev–Trinajstić information content (AvgIpc) is 3.79. The van der Waals surface area contributed by atoms with Crippen LogP contribution >= 0.6 is 11.3 Å². The van der Waals surface area contributed by atoms with E-state index in [0.717, 1.165) is 62.1 Å². The number of rotatable bonds is 9. The maximum absolute atomic E-state index is 14.4. The van der Waals surface area contributed by atoms with Gasteiger partial charge in [0.25, 0.3) is 11.8 Å². The van der Waals surface area contributed by atoms with Gasteiger partial charge in [0.05, 0.1) is 16.0 Å². The Labute approximate surface area is 229 Å². The van der Waals surface area contributed by atoms with Crippen LogP contribution in [0.4, 0.5) is 19.0 Å². The number of hydrogen-bond acceptors (Lipinski definition) is 7. The number of thiazole rings is 1. The second kappa shape index (κ2) is 10.3. The lowest BCUT2D eigenvalue weighted by molar-refractivity contribution is -0.137. The molecule has 2 saturated carbocycles. The molecule has 212 valence electrons. The Morgan fingerprint density at radius 2 is 1.85 bits per heavy atom. The third kappa shape index (κ3) is 6.37. The van der Waals surface area contributed by atoms with E-state index in [1.807, 2.05) is 6.92 Å². The predicted molar refractivity (Wildman–Crippen MR) is 142 cm³/mol. The lowest BCUT2D eigenvalue weighted by Gasteiger charge is -2.22. The van der Waals surface area contributed by atoms with Crippen molar-refractivity contribution in [1.29, 1.82) is 0 Å². The minimum Gasteiger partial charge on any atom is -0.389 e. The van der Waals surface area contributed by atoms with Crippen LogP contribution in [0.25, 0.3) is 10.4 Å². The van der Waals surface area contributed by atoms with Gasteiger partial charge in [-0.3, -0.25) is 9.59 Å². The van der Waals surface area contributed by atoms with Crippen molar-refractivity contribution in [2.75, 3.05) is 18.4 Å². The summed E-state index contributed by atoms with van der Waals surface area (Å²) in [4.78, 5) is 36.5. The molecule has 2 aliphatic carbocycles. The first-order chi connectivity index (χ1) is 18.3. The summed E-state index contributed by atoms with van der Waals surface area (Å²) < 4.78 is 43.3. The van der Waals surface area contributed by atoms with Gasteiger partial charge in [-0.1, -0.05) is 0 Å². The van der Waals surface area contributed by atoms with Crippen molar-refractivity contribution >= 4 is 29.0 Å². The first-order valence-corrected chi connectivity index (χ1v) is 14.3. The molecule has 2 aromatic rings. The van der Waals surface area contributed by atoms with Crippen molar-refractivity contribution in [2.45, 2.75) is 83.2 Å². The number of pyridine rings is 1. The molecule has 3 fully saturated rings. The average molecular weight is 566 g/mol. The van der Waals surface area contributed by atoms with Gasteiger partial charge in [-0.2, -0.15) is 13.2 Å². The quantitative estimate of drug-likeness (QED) is 0.397. The van der Waals surface area contributed by atoms with E-state index in [0.29, 0.717) is 18.4 Å². The van der Waals surface area contributed by atoms with E-state index >= 15 is 0 Å². The molecule has 3 aliphatic rings. The van der Waals surface area contributed by atoms with Crippen LogP contribution in [0.15, 0.2) is 12.3 Å². The molecule has 3 N–H and O–H groups in total. The molecule has 5 rings (SSSR count). The van der Waals surface area contributed by atoms with E-state index in [1.54, 1.807) is 4.90 Å². The Hall–Kier alpha value is -2.73. The highest BCUT2D eigenvalue weighted by atomic mass is 32.1. The van der Waals surface area contributed by atoms with Crippen LogP contribution in [-0.2, 0) is 6.18 Å². The zero-order valence-corrected chi connectivity index (χ0v) is 23.1. The maximum atomic E-state index is 14.4. The van der Waals surface area contributed by atoms with E-state index in [-0.39, 0.29) is 45.6 Å². The van der Waals surface area contributed by atoms with Gasteiger partial charge in [-0.05, 0) is 77.2 Å². The Bertz CT molecular complexity index is 1240. The zero-order chi connectivity index (χ0) is 28.1. The standard InChI is InChI=1S/C27H34F3N5O3S/c1-14-5-4-10-35(14)25(37)21-22(39-24(34-21)23(36)32-13-26(2,3)38)17-12-31-19(11-18(17)27(28,29)30)33-20(15-6-7-15)16-8-9-16/h11-12,14-16,20,38H,4-10,13H2,1-3H3,(H,31,33)(H,32,36)/t14-/m0/s1. The van der Waals surface area contributed by atoms with E-state index in [4.69, 9.17) is 0 Å². The second-order valence-electron chi connectivity index (χ2n) is 11.6. The molecule has 1 aliphatic heterocycles. The second-order valence-corrected chi connectivity index (χ2v) is 12.6. The van der Waals surface area contributed by atoms with Gasteiger partial charge in [0, 0.05) is 36.9 Å². The molecular formula is C27H34F3N5O3S. The van der Waals surface area contributed by atoms with Gasteiger partial charge in [-0.15, -0.1) is 11.3 Å². The number of alkyl halides is 3. The van der Waals surface area contributed by atoms with Crippen LogP contribution in [0.5, 0.6) is 0 Å². The van der Waals surface area contributed by atoms with E-state index in [2.05, 4.69) is 20.6 Å². The van der Waals surface area contributed by atoms with E-state index in [9.17, 15) is 27.9 Å².